The number of amides is 1. The van der Waals surface area contributed by atoms with E-state index in [0.29, 0.717) is 12.8 Å². The molecule has 5 nitrogen and oxygen atoms in total. The summed E-state index contributed by atoms with van der Waals surface area (Å²) in [6.45, 7) is 1.78. The van der Waals surface area contributed by atoms with E-state index in [9.17, 15) is 19.1 Å². The highest BCUT2D eigenvalue weighted by atomic mass is 19.1. The molecule has 4 atom stereocenters. The summed E-state index contributed by atoms with van der Waals surface area (Å²) in [6, 6.07) is 4.36. The van der Waals surface area contributed by atoms with Crippen LogP contribution in [0.3, 0.4) is 0 Å². The Bertz CT molecular complexity index is 603. The molecule has 2 heterocycles. The number of benzene rings is 1. The number of hydrogen-bond donors (Lipinski definition) is 1. The maximum Gasteiger partial charge on any atom is 0.230 e. The first-order valence-corrected chi connectivity index (χ1v) is 6.90. The van der Waals surface area contributed by atoms with Crippen LogP contribution in [0.15, 0.2) is 18.2 Å². The highest BCUT2D eigenvalue weighted by Crippen LogP contribution is 2.43. The van der Waals surface area contributed by atoms with Crippen LogP contribution in [0.2, 0.25) is 0 Å². The van der Waals surface area contributed by atoms with Gasteiger partial charge in [-0.3, -0.25) is 4.79 Å². The van der Waals surface area contributed by atoms with Crippen molar-refractivity contribution in [3.63, 3.8) is 0 Å². The molecule has 2 aliphatic heterocycles. The molecule has 112 valence electrons. The van der Waals surface area contributed by atoms with Crippen molar-refractivity contribution in [1.82, 2.24) is 0 Å². The highest BCUT2D eigenvalue weighted by Gasteiger charge is 2.52. The zero-order chi connectivity index (χ0) is 15.1. The molecule has 0 unspecified atom stereocenters. The van der Waals surface area contributed by atoms with E-state index in [2.05, 4.69) is 5.32 Å². The van der Waals surface area contributed by atoms with Crippen molar-refractivity contribution in [2.24, 2.45) is 11.8 Å². The van der Waals surface area contributed by atoms with Crippen LogP contribution < -0.4 is 10.4 Å². The smallest absolute Gasteiger partial charge is 0.230 e. The van der Waals surface area contributed by atoms with Crippen LogP contribution in [0, 0.1) is 24.6 Å². The molecule has 2 fully saturated rings. The fourth-order valence-electron chi connectivity index (χ4n) is 3.26. The molecule has 1 N–H and O–H groups in total. The Labute approximate surface area is 121 Å². The Kier molecular flexibility index (Phi) is 3.41. The standard InChI is InChI=1S/C15H16FNO4/c1-7-2-3-8(16)9(6-7)17-14(18)12-10-4-5-11(21-10)13(12)15(19)20/h2-3,6,10-13H,4-5H2,1H3,(H,17,18)(H,19,20)/p-1/t10-,11+,12-,13+/m1/s1. The van der Waals surface area contributed by atoms with Crippen molar-refractivity contribution in [2.45, 2.75) is 32.0 Å². The fourth-order valence-corrected chi connectivity index (χ4v) is 3.26. The Morgan fingerprint density at radius 1 is 1.29 bits per heavy atom. The molecular weight excluding hydrogens is 277 g/mol. The molecule has 0 saturated carbocycles. The van der Waals surface area contributed by atoms with Gasteiger partial charge in [0.25, 0.3) is 0 Å². The van der Waals surface area contributed by atoms with E-state index in [1.807, 2.05) is 0 Å². The average Bonchev–Trinajstić information content (AvgIpc) is 3.03. The van der Waals surface area contributed by atoms with Crippen LogP contribution in [0.4, 0.5) is 10.1 Å². The molecule has 0 radical (unpaired) electrons. The Morgan fingerprint density at radius 3 is 2.62 bits per heavy atom. The van der Waals surface area contributed by atoms with Crippen LogP contribution in [-0.2, 0) is 14.3 Å². The molecule has 2 bridgehead atoms. The minimum Gasteiger partial charge on any atom is -0.550 e. The first-order chi connectivity index (χ1) is 9.97. The van der Waals surface area contributed by atoms with Gasteiger partial charge in [-0.05, 0) is 37.5 Å². The van der Waals surface area contributed by atoms with Gasteiger partial charge in [0.2, 0.25) is 5.91 Å². The number of nitrogens with one attached hydrogen (secondary N) is 1. The molecule has 2 saturated heterocycles. The second kappa shape index (κ2) is 5.11. The molecule has 21 heavy (non-hydrogen) atoms. The average molecular weight is 292 g/mol. The predicted molar refractivity (Wildman–Crippen MR) is 69.6 cm³/mol. The van der Waals surface area contributed by atoms with E-state index < -0.39 is 41.7 Å². The van der Waals surface area contributed by atoms with E-state index in [1.165, 1.54) is 12.1 Å². The van der Waals surface area contributed by atoms with Gasteiger partial charge in [0.05, 0.1) is 23.8 Å². The molecule has 1 aromatic carbocycles. The van der Waals surface area contributed by atoms with Gasteiger partial charge < -0.3 is 20.0 Å². The first kappa shape index (κ1) is 14.0. The van der Waals surface area contributed by atoms with Gasteiger partial charge >= 0.3 is 0 Å². The SMILES string of the molecule is Cc1ccc(F)c(NC(=O)[C@H]2[C@@H](C(=O)[O-])[C@@H]3CC[C@H]2O3)c1. The van der Waals surface area contributed by atoms with Crippen LogP contribution in [0.25, 0.3) is 0 Å². The van der Waals surface area contributed by atoms with E-state index in [-0.39, 0.29) is 5.69 Å². The maximum absolute atomic E-state index is 13.7. The van der Waals surface area contributed by atoms with E-state index in [1.54, 1.807) is 13.0 Å². The summed E-state index contributed by atoms with van der Waals surface area (Å²) in [6.07, 6.45) is 0.359. The molecule has 2 aliphatic rings. The van der Waals surface area contributed by atoms with Crippen molar-refractivity contribution < 1.29 is 23.8 Å². The normalized spacial score (nSPS) is 30.4. The number of ether oxygens (including phenoxy) is 1. The summed E-state index contributed by atoms with van der Waals surface area (Å²) >= 11 is 0. The van der Waals surface area contributed by atoms with Crippen LogP contribution >= 0.6 is 0 Å². The number of hydrogen-bond acceptors (Lipinski definition) is 4. The zero-order valence-electron chi connectivity index (χ0n) is 11.5. The third kappa shape index (κ3) is 2.40. The van der Waals surface area contributed by atoms with Crippen LogP contribution in [0.5, 0.6) is 0 Å². The van der Waals surface area contributed by atoms with Crippen molar-refractivity contribution >= 4 is 17.6 Å². The lowest BCUT2D eigenvalue weighted by Crippen LogP contribution is -2.46. The van der Waals surface area contributed by atoms with Crippen molar-refractivity contribution in [2.75, 3.05) is 5.32 Å². The number of anilines is 1. The summed E-state index contributed by atoms with van der Waals surface area (Å²) < 4.78 is 19.2. The second-order valence-corrected chi connectivity index (χ2v) is 5.63. The Hall–Kier alpha value is -1.95. The molecule has 1 aromatic rings. The number of carbonyl (C=O) groups excluding carboxylic acids is 2. The number of carbonyl (C=O) groups is 2. The third-order valence-corrected chi connectivity index (χ3v) is 4.23. The van der Waals surface area contributed by atoms with E-state index in [0.717, 1.165) is 5.56 Å². The highest BCUT2D eigenvalue weighted by molar-refractivity contribution is 5.96. The lowest BCUT2D eigenvalue weighted by Gasteiger charge is -2.27. The summed E-state index contributed by atoms with van der Waals surface area (Å²) in [5.41, 5.74) is 0.854. The fraction of sp³-hybridized carbons (Fsp3) is 0.467. The maximum atomic E-state index is 13.7. The van der Waals surface area contributed by atoms with Crippen LogP contribution in [0.1, 0.15) is 18.4 Å². The first-order valence-electron chi connectivity index (χ1n) is 6.90. The molecule has 0 aromatic heterocycles. The molecule has 1 amide bonds. The Morgan fingerprint density at radius 2 is 1.95 bits per heavy atom. The number of carboxylic acids is 1. The van der Waals surface area contributed by atoms with Crippen LogP contribution in [-0.4, -0.2) is 24.1 Å². The van der Waals surface area contributed by atoms with Crippen molar-refractivity contribution in [3.8, 4) is 0 Å². The minimum atomic E-state index is -1.29. The number of aryl methyl sites for hydroxylation is 1. The largest absolute Gasteiger partial charge is 0.550 e. The van der Waals surface area contributed by atoms with Gasteiger partial charge in [-0.1, -0.05) is 6.07 Å². The lowest BCUT2D eigenvalue weighted by atomic mass is 9.78. The number of fused-ring (bicyclic) bond motifs is 2. The molecule has 0 spiro atoms. The van der Waals surface area contributed by atoms with Gasteiger partial charge in [0.1, 0.15) is 5.82 Å². The monoisotopic (exact) mass is 292 g/mol. The van der Waals surface area contributed by atoms with Crippen molar-refractivity contribution in [3.05, 3.63) is 29.6 Å². The summed E-state index contributed by atoms with van der Waals surface area (Å²) in [5, 5.41) is 13.7. The van der Waals surface area contributed by atoms with Gasteiger partial charge in [-0.15, -0.1) is 0 Å². The van der Waals surface area contributed by atoms with Gasteiger partial charge in [-0.25, -0.2) is 4.39 Å². The molecule has 6 heteroatoms. The summed E-state index contributed by atoms with van der Waals surface area (Å²) in [7, 11) is 0. The number of halogens is 1. The summed E-state index contributed by atoms with van der Waals surface area (Å²) in [4.78, 5) is 23.6. The lowest BCUT2D eigenvalue weighted by molar-refractivity contribution is -0.313. The molecule has 0 aliphatic carbocycles. The predicted octanol–water partition coefficient (Wildman–Crippen LogP) is 0.616. The van der Waals surface area contributed by atoms with Gasteiger partial charge in [0.15, 0.2) is 0 Å². The quantitative estimate of drug-likeness (QED) is 0.885. The minimum absolute atomic E-state index is 0.0554. The van der Waals surface area contributed by atoms with Gasteiger partial charge in [-0.2, -0.15) is 0 Å². The molecule has 3 rings (SSSR count). The number of rotatable bonds is 3. The van der Waals surface area contributed by atoms with Gasteiger partial charge in [0, 0.05) is 11.9 Å². The number of carboxylic acid groups (broad SMARTS) is 1. The van der Waals surface area contributed by atoms with E-state index >= 15 is 0 Å². The van der Waals surface area contributed by atoms with Crippen molar-refractivity contribution in [1.29, 1.82) is 0 Å². The summed E-state index contributed by atoms with van der Waals surface area (Å²) in [5.74, 6) is -4.15. The third-order valence-electron chi connectivity index (χ3n) is 4.23. The Balaban J connectivity index is 1.81. The topological polar surface area (TPSA) is 78.5 Å². The van der Waals surface area contributed by atoms with E-state index in [4.69, 9.17) is 4.74 Å². The second-order valence-electron chi connectivity index (χ2n) is 5.63. The zero-order valence-corrected chi connectivity index (χ0v) is 11.5. The number of aliphatic carboxylic acids is 1. The molecular formula is C15H15FNO4-.